The highest BCUT2D eigenvalue weighted by Gasteiger charge is 2.62. The number of esters is 4. The van der Waals surface area contributed by atoms with E-state index in [0.29, 0.717) is 0 Å². The van der Waals surface area contributed by atoms with Gasteiger partial charge in [-0.1, -0.05) is 48.5 Å². The van der Waals surface area contributed by atoms with E-state index in [9.17, 15) is 140 Å². The van der Waals surface area contributed by atoms with E-state index >= 15 is 0 Å². The number of phenols is 16. The van der Waals surface area contributed by atoms with Gasteiger partial charge in [0, 0.05) is 49.4 Å². The smallest absolute Gasteiger partial charge is 0.345 e. The molecule has 8 aromatic carbocycles. The van der Waals surface area contributed by atoms with Gasteiger partial charge in [-0.05, 0) is 142 Å². The number of aliphatic carboxylic acids is 4. The molecule has 8 atom stereocenters. The summed E-state index contributed by atoms with van der Waals surface area (Å²) in [5.74, 6) is -31.6. The summed E-state index contributed by atoms with van der Waals surface area (Å²) in [6.45, 7) is 0. The lowest BCUT2D eigenvalue weighted by Crippen LogP contribution is -2.54. The lowest BCUT2D eigenvalue weighted by atomic mass is 9.52. The van der Waals surface area contributed by atoms with Gasteiger partial charge in [0.1, 0.15) is 0 Å². The van der Waals surface area contributed by atoms with Crippen molar-refractivity contribution in [3.63, 3.8) is 0 Å². The minimum absolute atomic E-state index is 0.0455. The number of phenolic OH excluding ortho intramolecular Hbond substituents is 16. The van der Waals surface area contributed by atoms with Gasteiger partial charge in [-0.2, -0.15) is 0 Å². The Morgan fingerprint density at radius 3 is 0.587 bits per heavy atom. The third kappa shape index (κ3) is 16.5. The van der Waals surface area contributed by atoms with Crippen LogP contribution >= 0.6 is 0 Å². The second kappa shape index (κ2) is 30.8. The standard InChI is InChI=1S/2C36H32O16/c37-19-5-1-15(9-23(19)41)11-27(33(45)46)51-35(49)31-29(17-3-7-21(39)25(43)13-17)32(30(31)18-4-8-22(40)26(44)14-18)36(50)52-28(34(47)48)12-16-2-6-20(38)24(42)10-16;37-19-5-1-15(9-23(19)41)11-27(33(45)46)51-35(49)31-29(17-3-7-21(39)25(43)13-17)30(18-4-8-22(40)26(44)14-18)32(31)36(50)52-28(34(47)48)12-16-2-6-20(38)24(42)10-16/h2*1-10,13-14,27-32,37-44H,11-12H2,(H,45,46)(H,47,48). The summed E-state index contributed by atoms with van der Waals surface area (Å²) < 4.78 is 21.7. The van der Waals surface area contributed by atoms with Gasteiger partial charge < -0.3 is 121 Å². The van der Waals surface area contributed by atoms with Crippen LogP contribution in [0.1, 0.15) is 68.2 Å². The van der Waals surface area contributed by atoms with Crippen LogP contribution in [0.15, 0.2) is 146 Å². The van der Waals surface area contributed by atoms with Gasteiger partial charge in [0.15, 0.2) is 92.0 Å². The molecule has 0 heterocycles. The van der Waals surface area contributed by atoms with E-state index in [1.807, 2.05) is 0 Å². The monoisotopic (exact) mass is 1440 g/mol. The molecule has 0 bridgehead atoms. The SMILES string of the molecule is O=C(O)C(Cc1ccc(O)c(O)c1)OC(=O)C1C(C(=O)OC(Cc2ccc(O)c(O)c2)C(=O)O)C(c2ccc(O)c(O)c2)C1c1ccc(O)c(O)c1.O=C(O)C(Cc1ccc(O)c(O)c1)OC(=O)C1C(c2ccc(O)c(O)c2)C(C(=O)OC(Cc2ccc(O)c(O)c2)C(=O)O)C1c1ccc(O)c(O)c1. The number of hydrogen-bond acceptors (Lipinski definition) is 28. The van der Waals surface area contributed by atoms with Gasteiger partial charge in [0.05, 0.1) is 23.7 Å². The molecule has 0 amide bonds. The molecule has 104 heavy (non-hydrogen) atoms. The van der Waals surface area contributed by atoms with Crippen LogP contribution in [0.3, 0.4) is 0 Å². The summed E-state index contributed by atoms with van der Waals surface area (Å²) in [6, 6.07) is 27.4. The number of rotatable bonds is 24. The highest BCUT2D eigenvalue weighted by Crippen LogP contribution is 2.62. The fourth-order valence-electron chi connectivity index (χ4n) is 12.6. The number of carboxylic acid groups (broad SMARTS) is 4. The summed E-state index contributed by atoms with van der Waals surface area (Å²) in [6.07, 6.45) is -9.52. The van der Waals surface area contributed by atoms with Crippen LogP contribution in [-0.4, -0.2) is 174 Å². The molecule has 544 valence electrons. The van der Waals surface area contributed by atoms with Gasteiger partial charge in [-0.25, -0.2) is 19.2 Å². The lowest BCUT2D eigenvalue weighted by Gasteiger charge is -2.50. The van der Waals surface area contributed by atoms with E-state index in [2.05, 4.69) is 0 Å². The number of benzene rings is 8. The van der Waals surface area contributed by atoms with Gasteiger partial charge in [0.25, 0.3) is 0 Å². The summed E-state index contributed by atoms with van der Waals surface area (Å²) in [5, 5.41) is 199. The summed E-state index contributed by atoms with van der Waals surface area (Å²) in [7, 11) is 0. The molecule has 0 spiro atoms. The zero-order valence-corrected chi connectivity index (χ0v) is 53.5. The van der Waals surface area contributed by atoms with Gasteiger partial charge in [-0.15, -0.1) is 0 Å². The van der Waals surface area contributed by atoms with Crippen LogP contribution in [0.2, 0.25) is 0 Å². The maximum atomic E-state index is 14.0. The first kappa shape index (κ1) is 74.5. The fraction of sp³-hybridized carbons (Fsp3) is 0.222. The predicted octanol–water partition coefficient (Wildman–Crippen LogP) is 5.85. The average molecular weight is 1440 g/mol. The van der Waals surface area contributed by atoms with Crippen LogP contribution in [0, 0.1) is 23.7 Å². The molecule has 8 unspecified atom stereocenters. The van der Waals surface area contributed by atoms with Crippen molar-refractivity contribution in [2.75, 3.05) is 0 Å². The minimum Gasteiger partial charge on any atom is -0.504 e. The van der Waals surface area contributed by atoms with E-state index in [1.54, 1.807) is 0 Å². The Hall–Kier alpha value is -13.7. The van der Waals surface area contributed by atoms with Crippen molar-refractivity contribution in [3.8, 4) is 92.0 Å². The molecule has 2 aliphatic rings. The molecule has 2 saturated carbocycles. The molecule has 2 fully saturated rings. The number of ether oxygens (including phenoxy) is 4. The maximum Gasteiger partial charge on any atom is 0.345 e. The first-order valence-electron chi connectivity index (χ1n) is 30.9. The van der Waals surface area contributed by atoms with E-state index < -0.39 is 237 Å². The Kier molecular flexibility index (Phi) is 22.1. The largest absolute Gasteiger partial charge is 0.504 e. The normalized spacial score (nSPS) is 19.1. The highest BCUT2D eigenvalue weighted by molar-refractivity contribution is 5.91. The van der Waals surface area contributed by atoms with Crippen LogP contribution in [0.25, 0.3) is 0 Å². The molecular weight excluding hydrogens is 1380 g/mol. The van der Waals surface area contributed by atoms with Crippen molar-refractivity contribution >= 4 is 47.8 Å². The average Bonchev–Trinajstić information content (AvgIpc) is 0.724. The molecule has 10 rings (SSSR count). The van der Waals surface area contributed by atoms with E-state index in [-0.39, 0.29) is 44.5 Å². The van der Waals surface area contributed by atoms with Crippen molar-refractivity contribution in [3.05, 3.63) is 190 Å². The number of carbonyl (C=O) groups is 8. The van der Waals surface area contributed by atoms with E-state index in [1.165, 1.54) is 48.5 Å². The van der Waals surface area contributed by atoms with Crippen molar-refractivity contribution in [2.45, 2.75) is 73.8 Å². The third-order valence-electron chi connectivity index (χ3n) is 17.7. The zero-order valence-electron chi connectivity index (χ0n) is 53.5. The number of carboxylic acids is 4. The second-order valence-corrected chi connectivity index (χ2v) is 24.4. The predicted molar refractivity (Wildman–Crippen MR) is 348 cm³/mol. The lowest BCUT2D eigenvalue weighted by molar-refractivity contribution is -0.184. The summed E-state index contributed by atoms with van der Waals surface area (Å²) in [5.41, 5.74) is 0.948. The quantitative estimate of drug-likeness (QED) is 0.0192. The molecule has 2 aliphatic carbocycles. The molecular formula is C72H64O32. The van der Waals surface area contributed by atoms with Gasteiger partial charge in [0.2, 0.25) is 24.4 Å². The zero-order chi connectivity index (χ0) is 76.0. The van der Waals surface area contributed by atoms with Crippen LogP contribution < -0.4 is 0 Å². The first-order valence-corrected chi connectivity index (χ1v) is 30.9. The Morgan fingerprint density at radius 1 is 0.231 bits per heavy atom. The van der Waals surface area contributed by atoms with Crippen LogP contribution in [0.5, 0.6) is 92.0 Å². The van der Waals surface area contributed by atoms with Crippen molar-refractivity contribution in [1.29, 1.82) is 0 Å². The minimum atomic E-state index is -1.91. The van der Waals surface area contributed by atoms with Gasteiger partial charge in [-0.3, -0.25) is 19.2 Å². The topological polar surface area (TPSA) is 578 Å². The van der Waals surface area contributed by atoms with E-state index in [4.69, 9.17) is 18.9 Å². The van der Waals surface area contributed by atoms with Crippen molar-refractivity contribution in [2.24, 2.45) is 23.7 Å². The van der Waals surface area contributed by atoms with Crippen LogP contribution in [-0.2, 0) is 83.0 Å². The molecule has 0 aliphatic heterocycles. The number of hydrogen-bond donors (Lipinski definition) is 20. The summed E-state index contributed by atoms with van der Waals surface area (Å²) in [4.78, 5) is 105. The highest BCUT2D eigenvalue weighted by atomic mass is 16.6. The Morgan fingerprint density at radius 2 is 0.404 bits per heavy atom. The second-order valence-electron chi connectivity index (χ2n) is 24.4. The Bertz CT molecular complexity index is 4360. The molecule has 32 heteroatoms. The van der Waals surface area contributed by atoms with Crippen molar-refractivity contribution in [1.82, 2.24) is 0 Å². The molecule has 0 radical (unpaired) electrons. The van der Waals surface area contributed by atoms with Crippen LogP contribution in [0.4, 0.5) is 0 Å². The van der Waals surface area contributed by atoms with Gasteiger partial charge >= 0.3 is 47.8 Å². The fourth-order valence-corrected chi connectivity index (χ4v) is 12.6. The summed E-state index contributed by atoms with van der Waals surface area (Å²) >= 11 is 0. The van der Waals surface area contributed by atoms with E-state index in [0.717, 1.165) is 97.1 Å². The molecule has 32 nitrogen and oxygen atoms in total. The third-order valence-corrected chi connectivity index (χ3v) is 17.7. The first-order chi connectivity index (χ1) is 49.1. The molecule has 20 N–H and O–H groups in total. The number of carbonyl (C=O) groups excluding carboxylic acids is 4. The van der Waals surface area contributed by atoms with Crippen molar-refractivity contribution < 1.29 is 159 Å². The molecule has 0 saturated heterocycles. The molecule has 8 aromatic rings. The maximum absolute atomic E-state index is 14.0. The Labute approximate surface area is 584 Å². The Balaban J connectivity index is 0.000000241. The molecule has 0 aromatic heterocycles. The number of aromatic hydroxyl groups is 16.